The van der Waals surface area contributed by atoms with Crippen LogP contribution >= 0.6 is 11.8 Å². The fourth-order valence-corrected chi connectivity index (χ4v) is 2.71. The Morgan fingerprint density at radius 2 is 2.29 bits per heavy atom. The number of hydrogen-bond donors (Lipinski definition) is 2. The molecule has 1 aromatic rings. The lowest BCUT2D eigenvalue weighted by Gasteiger charge is -2.20. The molecule has 1 saturated heterocycles. The Morgan fingerprint density at radius 1 is 1.53 bits per heavy atom. The molecule has 1 atom stereocenters. The molecular weight excluding hydrogens is 244 g/mol. The van der Waals surface area contributed by atoms with Crippen molar-refractivity contribution in [1.29, 1.82) is 0 Å². The largest absolute Gasteiger partial charge is 0.505 e. The molecule has 1 aromatic heterocycles. The molecule has 1 amide bonds. The molecular formula is C10H10N2O4S. The average molecular weight is 254 g/mol. The van der Waals surface area contributed by atoms with E-state index in [9.17, 15) is 14.7 Å². The lowest BCUT2D eigenvalue weighted by atomic mass is 10.2. The number of aromatic hydroxyl groups is 1. The van der Waals surface area contributed by atoms with Crippen LogP contribution in [0.3, 0.4) is 0 Å². The van der Waals surface area contributed by atoms with Crippen molar-refractivity contribution in [2.24, 2.45) is 0 Å². The van der Waals surface area contributed by atoms with Gasteiger partial charge in [0.2, 0.25) is 0 Å². The van der Waals surface area contributed by atoms with Gasteiger partial charge in [0, 0.05) is 11.9 Å². The summed E-state index contributed by atoms with van der Waals surface area (Å²) >= 11 is 1.37. The highest BCUT2D eigenvalue weighted by Crippen LogP contribution is 2.25. The second-order valence-corrected chi connectivity index (χ2v) is 4.52. The number of carbonyl (C=O) groups is 2. The maximum atomic E-state index is 12.0. The minimum Gasteiger partial charge on any atom is -0.505 e. The highest BCUT2D eigenvalue weighted by atomic mass is 32.2. The van der Waals surface area contributed by atoms with E-state index < -0.39 is 17.9 Å². The third-order valence-electron chi connectivity index (χ3n) is 2.46. The van der Waals surface area contributed by atoms with E-state index in [0.29, 0.717) is 11.6 Å². The number of aliphatic carboxylic acids is 1. The number of rotatable bonds is 2. The molecule has 0 unspecified atom stereocenters. The van der Waals surface area contributed by atoms with Crippen molar-refractivity contribution in [3.8, 4) is 5.75 Å². The predicted octanol–water partition coefficient (Wildman–Crippen LogP) is 0.387. The Bertz CT molecular complexity index is 465. The van der Waals surface area contributed by atoms with Crippen molar-refractivity contribution in [2.75, 3.05) is 11.6 Å². The number of nitrogens with zero attached hydrogens (tertiary/aromatic N) is 2. The Balaban J connectivity index is 2.26. The van der Waals surface area contributed by atoms with Crippen LogP contribution in [0.5, 0.6) is 5.75 Å². The first-order chi connectivity index (χ1) is 8.11. The molecule has 7 heteroatoms. The minimum absolute atomic E-state index is 0.0775. The summed E-state index contributed by atoms with van der Waals surface area (Å²) in [5.74, 6) is -1.07. The van der Waals surface area contributed by atoms with E-state index in [1.807, 2.05) is 0 Å². The topological polar surface area (TPSA) is 90.7 Å². The van der Waals surface area contributed by atoms with Crippen molar-refractivity contribution in [2.45, 2.75) is 6.04 Å². The van der Waals surface area contributed by atoms with E-state index >= 15 is 0 Å². The first kappa shape index (κ1) is 11.7. The molecule has 90 valence electrons. The Hall–Kier alpha value is -1.76. The van der Waals surface area contributed by atoms with Crippen LogP contribution in [-0.4, -0.2) is 49.6 Å². The van der Waals surface area contributed by atoms with Crippen molar-refractivity contribution < 1.29 is 19.8 Å². The lowest BCUT2D eigenvalue weighted by Crippen LogP contribution is -2.41. The van der Waals surface area contributed by atoms with Gasteiger partial charge in [0.1, 0.15) is 11.8 Å². The molecule has 0 radical (unpaired) electrons. The molecule has 6 nitrogen and oxygen atoms in total. The van der Waals surface area contributed by atoms with Crippen LogP contribution in [0.1, 0.15) is 10.4 Å². The second kappa shape index (κ2) is 4.62. The molecule has 2 heterocycles. The van der Waals surface area contributed by atoms with E-state index in [1.165, 1.54) is 28.9 Å². The van der Waals surface area contributed by atoms with Crippen molar-refractivity contribution in [3.63, 3.8) is 0 Å². The van der Waals surface area contributed by atoms with Gasteiger partial charge >= 0.3 is 5.97 Å². The van der Waals surface area contributed by atoms with Gasteiger partial charge in [-0.1, -0.05) is 0 Å². The van der Waals surface area contributed by atoms with Crippen LogP contribution in [0.25, 0.3) is 0 Å². The van der Waals surface area contributed by atoms with E-state index in [1.54, 1.807) is 0 Å². The van der Waals surface area contributed by atoms with E-state index in [4.69, 9.17) is 5.11 Å². The number of amides is 1. The van der Waals surface area contributed by atoms with Crippen LogP contribution in [0, 0.1) is 0 Å². The third kappa shape index (κ3) is 2.19. The summed E-state index contributed by atoms with van der Waals surface area (Å²) in [4.78, 5) is 27.9. The van der Waals surface area contributed by atoms with Gasteiger partial charge in [-0.05, 0) is 6.07 Å². The highest BCUT2D eigenvalue weighted by molar-refractivity contribution is 7.99. The van der Waals surface area contributed by atoms with Gasteiger partial charge in [-0.15, -0.1) is 11.8 Å². The zero-order valence-electron chi connectivity index (χ0n) is 8.74. The fraction of sp³-hybridized carbons (Fsp3) is 0.300. The van der Waals surface area contributed by atoms with E-state index in [0.717, 1.165) is 6.20 Å². The van der Waals surface area contributed by atoms with Crippen LogP contribution in [0.15, 0.2) is 18.5 Å². The zero-order chi connectivity index (χ0) is 12.4. The quantitative estimate of drug-likeness (QED) is 0.793. The van der Waals surface area contributed by atoms with Gasteiger partial charge in [-0.3, -0.25) is 9.78 Å². The SMILES string of the molecule is O=C(O)[C@@H]1CSCN1C(=O)c1ccncc1O. The molecule has 0 saturated carbocycles. The molecule has 0 aliphatic carbocycles. The van der Waals surface area contributed by atoms with Crippen LogP contribution in [-0.2, 0) is 4.79 Å². The number of carboxylic acids is 1. The van der Waals surface area contributed by atoms with Crippen molar-refractivity contribution >= 4 is 23.6 Å². The molecule has 1 aliphatic rings. The van der Waals surface area contributed by atoms with Crippen LogP contribution in [0.4, 0.5) is 0 Å². The van der Waals surface area contributed by atoms with E-state index in [-0.39, 0.29) is 11.3 Å². The third-order valence-corrected chi connectivity index (χ3v) is 3.47. The smallest absolute Gasteiger partial charge is 0.327 e. The number of pyridine rings is 1. The summed E-state index contributed by atoms with van der Waals surface area (Å²) < 4.78 is 0. The van der Waals surface area contributed by atoms with Crippen LogP contribution in [0.2, 0.25) is 0 Å². The van der Waals surface area contributed by atoms with Gasteiger partial charge in [-0.25, -0.2) is 4.79 Å². The molecule has 0 aromatic carbocycles. The summed E-state index contributed by atoms with van der Waals surface area (Å²) in [6.07, 6.45) is 2.54. The first-order valence-corrected chi connectivity index (χ1v) is 6.01. The van der Waals surface area contributed by atoms with Gasteiger partial charge < -0.3 is 15.1 Å². The number of carbonyl (C=O) groups excluding carboxylic acids is 1. The summed E-state index contributed by atoms with van der Waals surface area (Å²) in [5.41, 5.74) is 0.0775. The van der Waals surface area contributed by atoms with Gasteiger partial charge in [0.15, 0.2) is 0 Å². The zero-order valence-corrected chi connectivity index (χ0v) is 9.55. The number of carboxylic acid groups (broad SMARTS) is 1. The molecule has 0 bridgehead atoms. The minimum atomic E-state index is -1.03. The molecule has 17 heavy (non-hydrogen) atoms. The Kier molecular flexibility index (Phi) is 3.19. The van der Waals surface area contributed by atoms with Crippen molar-refractivity contribution in [3.05, 3.63) is 24.0 Å². The standard InChI is InChI=1S/C10H10N2O4S/c13-8-3-11-2-1-6(8)9(14)12-5-17-4-7(12)10(15)16/h1-3,7,13H,4-5H2,(H,15,16)/t7-/m0/s1. The van der Waals surface area contributed by atoms with Gasteiger partial charge in [0.05, 0.1) is 17.6 Å². The number of hydrogen-bond acceptors (Lipinski definition) is 5. The highest BCUT2D eigenvalue weighted by Gasteiger charge is 2.35. The number of aromatic nitrogens is 1. The lowest BCUT2D eigenvalue weighted by molar-refractivity contribution is -0.140. The summed E-state index contributed by atoms with van der Waals surface area (Å²) in [6, 6.07) is 0.541. The van der Waals surface area contributed by atoms with Gasteiger partial charge in [0.25, 0.3) is 5.91 Å². The summed E-state index contributed by atoms with van der Waals surface area (Å²) in [7, 11) is 0. The van der Waals surface area contributed by atoms with Crippen molar-refractivity contribution in [1.82, 2.24) is 9.88 Å². The molecule has 2 N–H and O–H groups in total. The molecule has 1 fully saturated rings. The first-order valence-electron chi connectivity index (χ1n) is 4.85. The molecule has 0 spiro atoms. The fourth-order valence-electron chi connectivity index (χ4n) is 1.57. The van der Waals surface area contributed by atoms with Crippen LogP contribution < -0.4 is 0 Å². The predicted molar refractivity (Wildman–Crippen MR) is 60.8 cm³/mol. The molecule has 2 rings (SSSR count). The summed E-state index contributed by atoms with van der Waals surface area (Å²) in [6.45, 7) is 0. The summed E-state index contributed by atoms with van der Waals surface area (Å²) in [5, 5.41) is 18.5. The second-order valence-electron chi connectivity index (χ2n) is 3.52. The average Bonchev–Trinajstić information content (AvgIpc) is 2.77. The Labute approximate surface area is 101 Å². The van der Waals surface area contributed by atoms with E-state index in [2.05, 4.69) is 4.98 Å². The monoisotopic (exact) mass is 254 g/mol. The Morgan fingerprint density at radius 3 is 2.94 bits per heavy atom. The maximum absolute atomic E-state index is 12.0. The normalized spacial score (nSPS) is 19.3. The van der Waals surface area contributed by atoms with Gasteiger partial charge in [-0.2, -0.15) is 0 Å². The number of thioether (sulfide) groups is 1. The maximum Gasteiger partial charge on any atom is 0.327 e. The molecule has 1 aliphatic heterocycles.